The van der Waals surface area contributed by atoms with E-state index in [0.29, 0.717) is 6.04 Å². The molecule has 2 heterocycles. The molecule has 0 amide bonds. The van der Waals surface area contributed by atoms with Gasteiger partial charge in [0.1, 0.15) is 17.4 Å². The molecule has 0 atom stereocenters. The Labute approximate surface area is 87.5 Å². The van der Waals surface area contributed by atoms with Crippen LogP contribution in [0, 0.1) is 6.92 Å². The van der Waals surface area contributed by atoms with Gasteiger partial charge in [0.2, 0.25) is 0 Å². The lowest BCUT2D eigenvalue weighted by Gasteiger charge is -2.04. The maximum atomic E-state index is 4.35. The topological polar surface area (TPSA) is 55.6 Å². The summed E-state index contributed by atoms with van der Waals surface area (Å²) in [6, 6.07) is 0.596. The third kappa shape index (κ3) is 1.35. The lowest BCUT2D eigenvalue weighted by molar-refractivity contribution is 0.782. The predicted molar refractivity (Wildman–Crippen MR) is 57.7 cm³/mol. The fourth-order valence-electron chi connectivity index (χ4n) is 1.80. The summed E-state index contributed by atoms with van der Waals surface area (Å²) in [4.78, 5) is 8.53. The highest BCUT2D eigenvalue weighted by Gasteiger charge is 2.23. The van der Waals surface area contributed by atoms with Gasteiger partial charge in [0.05, 0.1) is 5.69 Å². The summed E-state index contributed by atoms with van der Waals surface area (Å²) in [5.41, 5.74) is 2.89. The molecule has 0 aliphatic heterocycles. The fourth-order valence-corrected chi connectivity index (χ4v) is 1.80. The Hall–Kier alpha value is -1.65. The van der Waals surface area contributed by atoms with Crippen LogP contribution < -0.4 is 5.32 Å². The lowest BCUT2D eigenvalue weighted by atomic mass is 10.3. The first-order chi connectivity index (χ1) is 7.25. The van der Waals surface area contributed by atoms with E-state index in [9.17, 15) is 0 Å². The molecule has 1 saturated carbocycles. The Morgan fingerprint density at radius 2 is 2.20 bits per heavy atom. The van der Waals surface area contributed by atoms with Crippen molar-refractivity contribution in [2.45, 2.75) is 25.8 Å². The molecule has 15 heavy (non-hydrogen) atoms. The quantitative estimate of drug-likeness (QED) is 0.798. The summed E-state index contributed by atoms with van der Waals surface area (Å²) in [6.45, 7) is 1.97. The molecule has 1 N–H and O–H groups in total. The highest BCUT2D eigenvalue weighted by Crippen LogP contribution is 2.27. The summed E-state index contributed by atoms with van der Waals surface area (Å²) in [5.74, 6) is 0.908. The van der Waals surface area contributed by atoms with Crippen molar-refractivity contribution in [3.63, 3.8) is 0 Å². The Morgan fingerprint density at radius 3 is 2.93 bits per heavy atom. The van der Waals surface area contributed by atoms with Gasteiger partial charge < -0.3 is 5.32 Å². The molecule has 78 valence electrons. The van der Waals surface area contributed by atoms with Gasteiger partial charge in [0.15, 0.2) is 5.82 Å². The second-order valence-corrected chi connectivity index (χ2v) is 4.05. The van der Waals surface area contributed by atoms with Gasteiger partial charge in [0.25, 0.3) is 0 Å². The van der Waals surface area contributed by atoms with Crippen molar-refractivity contribution in [2.75, 3.05) is 5.32 Å². The number of fused-ring (bicyclic) bond motifs is 1. The second-order valence-electron chi connectivity index (χ2n) is 4.05. The van der Waals surface area contributed by atoms with E-state index >= 15 is 0 Å². The Kier molecular flexibility index (Phi) is 1.68. The first-order valence-corrected chi connectivity index (χ1v) is 5.16. The zero-order valence-electron chi connectivity index (χ0n) is 8.86. The largest absolute Gasteiger partial charge is 0.365 e. The van der Waals surface area contributed by atoms with Crippen molar-refractivity contribution in [1.29, 1.82) is 0 Å². The summed E-state index contributed by atoms with van der Waals surface area (Å²) in [6.07, 6.45) is 4.08. The van der Waals surface area contributed by atoms with E-state index < -0.39 is 0 Å². The van der Waals surface area contributed by atoms with Crippen LogP contribution in [0.3, 0.4) is 0 Å². The zero-order valence-corrected chi connectivity index (χ0v) is 8.86. The van der Waals surface area contributed by atoms with Gasteiger partial charge in [-0.3, -0.25) is 4.68 Å². The third-order valence-corrected chi connectivity index (χ3v) is 2.71. The van der Waals surface area contributed by atoms with Crippen molar-refractivity contribution in [3.8, 4) is 0 Å². The Bertz CT molecular complexity index is 512. The van der Waals surface area contributed by atoms with Crippen molar-refractivity contribution in [3.05, 3.63) is 12.0 Å². The third-order valence-electron chi connectivity index (χ3n) is 2.71. The van der Waals surface area contributed by atoms with E-state index in [4.69, 9.17) is 0 Å². The van der Waals surface area contributed by atoms with Crippen LogP contribution in [-0.4, -0.2) is 25.8 Å². The average Bonchev–Trinajstić information content (AvgIpc) is 2.96. The van der Waals surface area contributed by atoms with E-state index in [0.717, 1.165) is 22.5 Å². The second kappa shape index (κ2) is 2.92. The molecule has 5 nitrogen and oxygen atoms in total. The minimum absolute atomic E-state index is 0.596. The van der Waals surface area contributed by atoms with Gasteiger partial charge in [0, 0.05) is 13.1 Å². The Balaban J connectivity index is 2.18. The SMILES string of the molecule is Cc1nn(C)c2c(NC3CC3)ncnc12. The van der Waals surface area contributed by atoms with Gasteiger partial charge in [-0.2, -0.15) is 5.10 Å². The van der Waals surface area contributed by atoms with Crippen LogP contribution in [0.25, 0.3) is 11.0 Å². The number of nitrogens with one attached hydrogen (secondary N) is 1. The van der Waals surface area contributed by atoms with Crippen molar-refractivity contribution >= 4 is 16.9 Å². The molecular weight excluding hydrogens is 190 g/mol. The van der Waals surface area contributed by atoms with E-state index in [1.54, 1.807) is 6.33 Å². The first kappa shape index (κ1) is 8.64. The molecule has 0 aromatic carbocycles. The minimum atomic E-state index is 0.596. The molecule has 0 unspecified atom stereocenters. The number of hydrogen-bond donors (Lipinski definition) is 1. The van der Waals surface area contributed by atoms with Crippen LogP contribution >= 0.6 is 0 Å². The van der Waals surface area contributed by atoms with Gasteiger partial charge in [-0.15, -0.1) is 0 Å². The molecule has 1 fully saturated rings. The summed E-state index contributed by atoms with van der Waals surface area (Å²) < 4.78 is 1.84. The first-order valence-electron chi connectivity index (χ1n) is 5.16. The fraction of sp³-hybridized carbons (Fsp3) is 0.500. The van der Waals surface area contributed by atoms with Crippen molar-refractivity contribution < 1.29 is 0 Å². The zero-order chi connectivity index (χ0) is 10.4. The molecule has 2 aromatic rings. The average molecular weight is 203 g/mol. The number of aryl methyl sites for hydroxylation is 2. The van der Waals surface area contributed by atoms with Crippen molar-refractivity contribution in [2.24, 2.45) is 7.05 Å². The van der Waals surface area contributed by atoms with Crippen LogP contribution in [0.15, 0.2) is 6.33 Å². The number of nitrogens with zero attached hydrogens (tertiary/aromatic N) is 4. The normalized spacial score (nSPS) is 15.9. The maximum absolute atomic E-state index is 4.35. The number of rotatable bonds is 2. The number of aromatic nitrogens is 4. The summed E-state index contributed by atoms with van der Waals surface area (Å²) in [5, 5.41) is 7.75. The standard InChI is InChI=1S/C10H13N5/c1-6-8-9(15(2)14-6)10(12-5-11-8)13-7-3-4-7/h5,7H,3-4H2,1-2H3,(H,11,12,13). The maximum Gasteiger partial charge on any atom is 0.155 e. The van der Waals surface area contributed by atoms with Gasteiger partial charge in [-0.1, -0.05) is 0 Å². The van der Waals surface area contributed by atoms with Gasteiger partial charge >= 0.3 is 0 Å². The molecule has 0 bridgehead atoms. The predicted octanol–water partition coefficient (Wildman–Crippen LogP) is 1.25. The van der Waals surface area contributed by atoms with Crippen molar-refractivity contribution in [1.82, 2.24) is 19.7 Å². The van der Waals surface area contributed by atoms with E-state index in [2.05, 4.69) is 20.4 Å². The summed E-state index contributed by atoms with van der Waals surface area (Å²) >= 11 is 0. The molecule has 2 aromatic heterocycles. The monoisotopic (exact) mass is 203 g/mol. The summed E-state index contributed by atoms with van der Waals surface area (Å²) in [7, 11) is 1.93. The minimum Gasteiger partial charge on any atom is -0.365 e. The van der Waals surface area contributed by atoms with Crippen LogP contribution in [0.2, 0.25) is 0 Å². The molecule has 1 aliphatic rings. The smallest absolute Gasteiger partial charge is 0.155 e. The van der Waals surface area contributed by atoms with Crippen LogP contribution in [0.5, 0.6) is 0 Å². The molecular formula is C10H13N5. The number of hydrogen-bond acceptors (Lipinski definition) is 4. The highest BCUT2D eigenvalue weighted by atomic mass is 15.3. The van der Waals surface area contributed by atoms with E-state index in [1.165, 1.54) is 12.8 Å². The van der Waals surface area contributed by atoms with E-state index in [-0.39, 0.29) is 0 Å². The van der Waals surface area contributed by atoms with E-state index in [1.807, 2.05) is 18.7 Å². The van der Waals surface area contributed by atoms with Crippen LogP contribution in [-0.2, 0) is 7.05 Å². The highest BCUT2D eigenvalue weighted by molar-refractivity contribution is 5.87. The van der Waals surface area contributed by atoms with Crippen LogP contribution in [0.4, 0.5) is 5.82 Å². The van der Waals surface area contributed by atoms with Gasteiger partial charge in [-0.05, 0) is 19.8 Å². The van der Waals surface area contributed by atoms with Gasteiger partial charge in [-0.25, -0.2) is 9.97 Å². The molecule has 5 heteroatoms. The van der Waals surface area contributed by atoms with Crippen LogP contribution in [0.1, 0.15) is 18.5 Å². The number of anilines is 1. The molecule has 0 spiro atoms. The lowest BCUT2D eigenvalue weighted by Crippen LogP contribution is -2.05. The molecule has 3 rings (SSSR count). The molecule has 1 aliphatic carbocycles. The molecule has 0 radical (unpaired) electrons. The molecule has 0 saturated heterocycles. The Morgan fingerprint density at radius 1 is 1.40 bits per heavy atom.